The highest BCUT2D eigenvalue weighted by Gasteiger charge is 2.61. The van der Waals surface area contributed by atoms with E-state index in [1.807, 2.05) is 6.92 Å². The van der Waals surface area contributed by atoms with Crippen molar-refractivity contribution in [2.45, 2.75) is 19.8 Å². The molecule has 2 aliphatic carbocycles. The van der Waals surface area contributed by atoms with Gasteiger partial charge in [-0.15, -0.1) is 0 Å². The first-order valence-corrected chi connectivity index (χ1v) is 4.91. The SMILES string of the molecule is CCOC(=O)[C@@H]1[C@@H]2CC[C@H](C=O)[C@@H]21. The topological polar surface area (TPSA) is 43.4 Å². The quantitative estimate of drug-likeness (QED) is 0.483. The van der Waals surface area contributed by atoms with E-state index in [1.54, 1.807) is 0 Å². The highest BCUT2D eigenvalue weighted by Crippen LogP contribution is 2.60. The van der Waals surface area contributed by atoms with Crippen LogP contribution < -0.4 is 0 Å². The molecule has 0 spiro atoms. The molecular weight excluding hydrogens is 168 g/mol. The van der Waals surface area contributed by atoms with Crippen LogP contribution in [0.5, 0.6) is 0 Å². The van der Waals surface area contributed by atoms with Crippen LogP contribution in [-0.4, -0.2) is 18.9 Å². The fraction of sp³-hybridized carbons (Fsp3) is 0.800. The summed E-state index contributed by atoms with van der Waals surface area (Å²) in [7, 11) is 0. The summed E-state index contributed by atoms with van der Waals surface area (Å²) in [4.78, 5) is 22.0. The maximum Gasteiger partial charge on any atom is 0.309 e. The predicted octanol–water partition coefficient (Wildman–Crippen LogP) is 1.02. The monoisotopic (exact) mass is 182 g/mol. The Bertz CT molecular complexity index is 236. The Hall–Kier alpha value is -0.860. The Labute approximate surface area is 77.4 Å². The molecule has 2 saturated carbocycles. The van der Waals surface area contributed by atoms with Crippen LogP contribution >= 0.6 is 0 Å². The minimum absolute atomic E-state index is 0.0453. The number of esters is 1. The predicted molar refractivity (Wildman–Crippen MR) is 45.9 cm³/mol. The molecule has 2 aliphatic rings. The van der Waals surface area contributed by atoms with Crippen molar-refractivity contribution >= 4 is 12.3 Å². The fourth-order valence-corrected chi connectivity index (χ4v) is 2.66. The van der Waals surface area contributed by atoms with Crippen LogP contribution in [0.15, 0.2) is 0 Å². The molecule has 0 aliphatic heterocycles. The lowest BCUT2D eigenvalue weighted by atomic mass is 10.0. The summed E-state index contributed by atoms with van der Waals surface area (Å²) in [5.74, 6) is 0.846. The molecule has 3 heteroatoms. The van der Waals surface area contributed by atoms with Crippen molar-refractivity contribution in [3.05, 3.63) is 0 Å². The van der Waals surface area contributed by atoms with Gasteiger partial charge in [0, 0.05) is 5.92 Å². The summed E-state index contributed by atoms with van der Waals surface area (Å²) >= 11 is 0. The third-order valence-corrected chi connectivity index (χ3v) is 3.29. The second-order valence-electron chi connectivity index (χ2n) is 3.90. The summed E-state index contributed by atoms with van der Waals surface area (Å²) in [6.45, 7) is 2.26. The normalized spacial score (nSPS) is 41.0. The number of carbonyl (C=O) groups excluding carboxylic acids is 2. The summed E-state index contributed by atoms with van der Waals surface area (Å²) in [5, 5.41) is 0. The standard InChI is InChI=1S/C10H14O3/c1-2-13-10(12)9-7-4-3-6(5-11)8(7)9/h5-9H,2-4H2,1H3/t6-,7-,8+,9-/m1/s1. The number of carbonyl (C=O) groups is 2. The first-order valence-electron chi connectivity index (χ1n) is 4.91. The molecule has 2 fully saturated rings. The van der Waals surface area contributed by atoms with Crippen molar-refractivity contribution in [3.8, 4) is 0 Å². The molecule has 0 bridgehead atoms. The summed E-state index contributed by atoms with van der Waals surface area (Å²) in [5.41, 5.74) is 0. The van der Waals surface area contributed by atoms with Crippen molar-refractivity contribution in [3.63, 3.8) is 0 Å². The van der Waals surface area contributed by atoms with Crippen LogP contribution in [0.1, 0.15) is 19.8 Å². The van der Waals surface area contributed by atoms with Crippen molar-refractivity contribution in [1.29, 1.82) is 0 Å². The molecule has 3 nitrogen and oxygen atoms in total. The van der Waals surface area contributed by atoms with Gasteiger partial charge in [-0.25, -0.2) is 0 Å². The molecule has 0 saturated heterocycles. The third kappa shape index (κ3) is 1.26. The first kappa shape index (κ1) is 8.73. The number of rotatable bonds is 3. The Morgan fingerprint density at radius 1 is 1.54 bits per heavy atom. The minimum Gasteiger partial charge on any atom is -0.466 e. The second kappa shape index (κ2) is 3.13. The molecule has 0 unspecified atom stereocenters. The molecule has 0 amide bonds. The van der Waals surface area contributed by atoms with E-state index in [4.69, 9.17) is 4.74 Å². The zero-order valence-corrected chi connectivity index (χ0v) is 7.73. The van der Waals surface area contributed by atoms with Crippen molar-refractivity contribution in [1.82, 2.24) is 0 Å². The van der Waals surface area contributed by atoms with Crippen molar-refractivity contribution in [2.24, 2.45) is 23.7 Å². The largest absolute Gasteiger partial charge is 0.466 e. The lowest BCUT2D eigenvalue weighted by Crippen LogP contribution is -2.13. The van der Waals surface area contributed by atoms with Gasteiger partial charge in [0.2, 0.25) is 0 Å². The molecule has 0 aromatic rings. The molecule has 0 heterocycles. The average Bonchev–Trinajstić information content (AvgIpc) is 2.69. The minimum atomic E-state index is -0.0935. The van der Waals surface area contributed by atoms with Gasteiger partial charge in [0.25, 0.3) is 0 Å². The molecule has 0 aromatic carbocycles. The van der Waals surface area contributed by atoms with Crippen LogP contribution in [0.4, 0.5) is 0 Å². The van der Waals surface area contributed by atoms with Gasteiger partial charge in [-0.1, -0.05) is 0 Å². The lowest BCUT2D eigenvalue weighted by molar-refractivity contribution is -0.145. The molecule has 0 aromatic heterocycles. The number of hydrogen-bond acceptors (Lipinski definition) is 3. The van der Waals surface area contributed by atoms with Gasteiger partial charge < -0.3 is 9.53 Å². The van der Waals surface area contributed by atoms with E-state index >= 15 is 0 Å². The van der Waals surface area contributed by atoms with Gasteiger partial charge in [-0.2, -0.15) is 0 Å². The molecule has 72 valence electrons. The maximum absolute atomic E-state index is 11.3. The average molecular weight is 182 g/mol. The van der Waals surface area contributed by atoms with Crippen molar-refractivity contribution in [2.75, 3.05) is 6.61 Å². The smallest absolute Gasteiger partial charge is 0.309 e. The van der Waals surface area contributed by atoms with Crippen molar-refractivity contribution < 1.29 is 14.3 Å². The van der Waals surface area contributed by atoms with Crippen LogP contribution in [0, 0.1) is 23.7 Å². The van der Waals surface area contributed by atoms with Gasteiger partial charge >= 0.3 is 5.97 Å². The van der Waals surface area contributed by atoms with E-state index in [2.05, 4.69) is 0 Å². The highest BCUT2D eigenvalue weighted by atomic mass is 16.5. The summed E-state index contributed by atoms with van der Waals surface area (Å²) < 4.78 is 4.94. The lowest BCUT2D eigenvalue weighted by Gasteiger charge is -2.06. The molecule has 2 rings (SSSR count). The second-order valence-corrected chi connectivity index (χ2v) is 3.90. The Kier molecular flexibility index (Phi) is 2.10. The maximum atomic E-state index is 11.3. The van der Waals surface area contributed by atoms with Crippen LogP contribution in [0.3, 0.4) is 0 Å². The summed E-state index contributed by atoms with van der Waals surface area (Å²) in [6.07, 6.45) is 3.00. The van der Waals surface area contributed by atoms with E-state index in [1.165, 1.54) is 0 Å². The fourth-order valence-electron chi connectivity index (χ4n) is 2.66. The molecule has 0 N–H and O–H groups in total. The van der Waals surface area contributed by atoms with Crippen LogP contribution in [-0.2, 0) is 14.3 Å². The highest BCUT2D eigenvalue weighted by molar-refractivity contribution is 5.78. The zero-order chi connectivity index (χ0) is 9.42. The molecular formula is C10H14O3. The molecule has 13 heavy (non-hydrogen) atoms. The van der Waals surface area contributed by atoms with Crippen LogP contribution in [0.25, 0.3) is 0 Å². The Balaban J connectivity index is 1.93. The van der Waals surface area contributed by atoms with Gasteiger partial charge in [-0.3, -0.25) is 4.79 Å². The Morgan fingerprint density at radius 3 is 2.92 bits per heavy atom. The number of aldehydes is 1. The van der Waals surface area contributed by atoms with E-state index in [0.717, 1.165) is 19.1 Å². The number of ether oxygens (including phenoxy) is 1. The van der Waals surface area contributed by atoms with Gasteiger partial charge in [-0.05, 0) is 31.6 Å². The zero-order valence-electron chi connectivity index (χ0n) is 7.73. The van der Waals surface area contributed by atoms with E-state index in [-0.39, 0.29) is 17.8 Å². The third-order valence-electron chi connectivity index (χ3n) is 3.29. The molecule has 0 radical (unpaired) electrons. The Morgan fingerprint density at radius 2 is 2.31 bits per heavy atom. The first-order chi connectivity index (χ1) is 6.29. The number of fused-ring (bicyclic) bond motifs is 1. The van der Waals surface area contributed by atoms with Gasteiger partial charge in [0.15, 0.2) is 0 Å². The number of hydrogen-bond donors (Lipinski definition) is 0. The van der Waals surface area contributed by atoms with E-state index in [0.29, 0.717) is 18.4 Å². The summed E-state index contributed by atoms with van der Waals surface area (Å²) in [6, 6.07) is 0. The van der Waals surface area contributed by atoms with E-state index < -0.39 is 0 Å². The van der Waals surface area contributed by atoms with Gasteiger partial charge in [0.05, 0.1) is 12.5 Å². The molecule has 4 atom stereocenters. The van der Waals surface area contributed by atoms with Gasteiger partial charge in [0.1, 0.15) is 6.29 Å². The van der Waals surface area contributed by atoms with Crippen LogP contribution in [0.2, 0.25) is 0 Å². The van der Waals surface area contributed by atoms with E-state index in [9.17, 15) is 9.59 Å².